The molecule has 0 spiro atoms. The van der Waals surface area contributed by atoms with Gasteiger partial charge in [-0.2, -0.15) is 4.99 Å². The second-order valence-electron chi connectivity index (χ2n) is 7.31. The molecule has 0 radical (unpaired) electrons. The number of halogens is 1. The van der Waals surface area contributed by atoms with E-state index in [1.807, 2.05) is 33.8 Å². The highest BCUT2D eigenvalue weighted by atomic mass is 35.5. The molecule has 10 heteroatoms. The highest BCUT2D eigenvalue weighted by Gasteiger charge is 2.20. The molecule has 188 valence electrons. The van der Waals surface area contributed by atoms with Crippen molar-refractivity contribution in [2.45, 2.75) is 41.2 Å². The lowest BCUT2D eigenvalue weighted by molar-refractivity contribution is -0.143. The van der Waals surface area contributed by atoms with Crippen molar-refractivity contribution >= 4 is 45.0 Å². The van der Waals surface area contributed by atoms with Crippen LogP contribution in [0.2, 0.25) is 5.02 Å². The number of ether oxygens (including phenoxy) is 4. The summed E-state index contributed by atoms with van der Waals surface area (Å²) in [5.41, 5.74) is 1.80. The fourth-order valence-corrected chi connectivity index (χ4v) is 4.79. The minimum atomic E-state index is -0.511. The fraction of sp³-hybridized carbons (Fsp3) is 0.400. The molecule has 3 rings (SSSR count). The predicted molar refractivity (Wildman–Crippen MR) is 136 cm³/mol. The molecule has 1 amide bonds. The number of hydrogen-bond acceptors (Lipinski definition) is 7. The maximum Gasteiger partial charge on any atom is 0.326 e. The van der Waals surface area contributed by atoms with Crippen molar-refractivity contribution in [2.75, 3.05) is 26.4 Å². The van der Waals surface area contributed by atoms with Crippen LogP contribution in [0.4, 0.5) is 0 Å². The van der Waals surface area contributed by atoms with Crippen molar-refractivity contribution in [3.63, 3.8) is 0 Å². The van der Waals surface area contributed by atoms with Crippen molar-refractivity contribution in [1.29, 1.82) is 0 Å². The molecule has 1 aromatic heterocycles. The average Bonchev–Trinajstić information content (AvgIpc) is 3.16. The van der Waals surface area contributed by atoms with E-state index < -0.39 is 11.9 Å². The standard InChI is InChI=1S/C25H29ClN2O6S/c1-6-31-18-12-16(13-19(32-7-2)23(18)34-9-4)24(30)27-25-28(14-21(29)33-8-3)22-15(5)17(26)10-11-20(22)35-25/h10-13H,6-9,14H2,1-5H3. The summed E-state index contributed by atoms with van der Waals surface area (Å²) in [6.07, 6.45) is 0. The molecule has 3 aromatic rings. The van der Waals surface area contributed by atoms with Crippen LogP contribution in [0.3, 0.4) is 0 Å². The van der Waals surface area contributed by atoms with Crippen LogP contribution in [-0.4, -0.2) is 42.9 Å². The Morgan fingerprint density at radius 2 is 1.60 bits per heavy atom. The Morgan fingerprint density at radius 3 is 2.17 bits per heavy atom. The summed E-state index contributed by atoms with van der Waals surface area (Å²) in [4.78, 5) is 30.4. The Kier molecular flexibility index (Phi) is 9.17. The SMILES string of the molecule is CCOC(=O)Cn1c(=NC(=O)c2cc(OCC)c(OCC)c(OCC)c2)sc2ccc(Cl)c(C)c21. The lowest BCUT2D eigenvalue weighted by Gasteiger charge is -2.16. The average molecular weight is 521 g/mol. The van der Waals surface area contributed by atoms with Gasteiger partial charge in [-0.3, -0.25) is 9.59 Å². The third-order valence-electron chi connectivity index (χ3n) is 4.98. The predicted octanol–water partition coefficient (Wildman–Crippen LogP) is 5.16. The van der Waals surface area contributed by atoms with E-state index in [2.05, 4.69) is 4.99 Å². The summed E-state index contributed by atoms with van der Waals surface area (Å²) < 4.78 is 24.8. The van der Waals surface area contributed by atoms with Crippen LogP contribution in [0, 0.1) is 6.92 Å². The second-order valence-corrected chi connectivity index (χ2v) is 8.73. The van der Waals surface area contributed by atoms with Crippen LogP contribution in [0.1, 0.15) is 43.6 Å². The summed E-state index contributed by atoms with van der Waals surface area (Å²) in [6, 6.07) is 6.81. The highest BCUT2D eigenvalue weighted by Crippen LogP contribution is 2.39. The molecule has 0 saturated carbocycles. The van der Waals surface area contributed by atoms with Gasteiger partial charge in [-0.15, -0.1) is 0 Å². The molecule has 0 N–H and O–H groups in total. The zero-order chi connectivity index (χ0) is 25.5. The molecule has 2 aromatic carbocycles. The number of aromatic nitrogens is 1. The molecule has 0 aliphatic carbocycles. The Labute approximate surface area is 213 Å². The number of aryl methyl sites for hydroxylation is 1. The van der Waals surface area contributed by atoms with E-state index in [-0.39, 0.29) is 18.7 Å². The lowest BCUT2D eigenvalue weighted by Crippen LogP contribution is -2.23. The largest absolute Gasteiger partial charge is 0.490 e. The van der Waals surface area contributed by atoms with Crippen molar-refractivity contribution < 1.29 is 28.5 Å². The van der Waals surface area contributed by atoms with Crippen molar-refractivity contribution in [2.24, 2.45) is 4.99 Å². The van der Waals surface area contributed by atoms with Crippen LogP contribution in [0.5, 0.6) is 17.2 Å². The normalized spacial score (nSPS) is 11.5. The van der Waals surface area contributed by atoms with E-state index >= 15 is 0 Å². The minimum absolute atomic E-state index is 0.0984. The molecule has 35 heavy (non-hydrogen) atoms. The molecule has 1 heterocycles. The van der Waals surface area contributed by atoms with Crippen molar-refractivity contribution in [3.05, 3.63) is 45.2 Å². The van der Waals surface area contributed by atoms with E-state index in [1.54, 1.807) is 29.7 Å². The second kappa shape index (κ2) is 12.1. The minimum Gasteiger partial charge on any atom is -0.490 e. The Bertz CT molecular complexity index is 1270. The van der Waals surface area contributed by atoms with Crippen LogP contribution in [0.15, 0.2) is 29.3 Å². The first-order valence-corrected chi connectivity index (χ1v) is 12.6. The Hall–Kier alpha value is -3.04. The van der Waals surface area contributed by atoms with Crippen LogP contribution in [-0.2, 0) is 16.1 Å². The molecule has 0 aliphatic heterocycles. The highest BCUT2D eigenvalue weighted by molar-refractivity contribution is 7.16. The number of esters is 1. The van der Waals surface area contributed by atoms with Gasteiger partial charge in [-0.25, -0.2) is 0 Å². The quantitative estimate of drug-likeness (QED) is 0.343. The van der Waals surface area contributed by atoms with E-state index in [0.29, 0.717) is 46.9 Å². The smallest absolute Gasteiger partial charge is 0.326 e. The summed E-state index contributed by atoms with van der Waals surface area (Å²) in [5.74, 6) is 0.299. The number of carbonyl (C=O) groups is 2. The first kappa shape index (κ1) is 26.6. The lowest BCUT2D eigenvalue weighted by atomic mass is 10.1. The van der Waals surface area contributed by atoms with E-state index in [4.69, 9.17) is 30.5 Å². The van der Waals surface area contributed by atoms with Gasteiger partial charge in [0.25, 0.3) is 5.91 Å². The first-order chi connectivity index (χ1) is 16.8. The zero-order valence-corrected chi connectivity index (χ0v) is 22.0. The van der Waals surface area contributed by atoms with Crippen molar-refractivity contribution in [1.82, 2.24) is 4.57 Å². The number of carbonyl (C=O) groups excluding carboxylic acids is 2. The molecular weight excluding hydrogens is 492 g/mol. The van der Waals surface area contributed by atoms with Gasteiger partial charge in [0.05, 0.1) is 36.6 Å². The van der Waals surface area contributed by atoms with Crippen LogP contribution in [0.25, 0.3) is 10.2 Å². The Morgan fingerprint density at radius 1 is 0.971 bits per heavy atom. The monoisotopic (exact) mass is 520 g/mol. The third kappa shape index (κ3) is 5.97. The summed E-state index contributed by atoms with van der Waals surface area (Å²) in [5, 5.41) is 0.556. The summed E-state index contributed by atoms with van der Waals surface area (Å²) >= 11 is 7.63. The Balaban J connectivity index is 2.17. The first-order valence-electron chi connectivity index (χ1n) is 11.4. The zero-order valence-electron chi connectivity index (χ0n) is 20.5. The van der Waals surface area contributed by atoms with Crippen LogP contribution >= 0.6 is 22.9 Å². The topological polar surface area (TPSA) is 88.4 Å². The van der Waals surface area contributed by atoms with Gasteiger partial charge >= 0.3 is 5.97 Å². The number of rotatable bonds is 10. The number of hydrogen-bond donors (Lipinski definition) is 0. The van der Waals surface area contributed by atoms with Gasteiger partial charge in [-0.05, 0) is 64.4 Å². The maximum absolute atomic E-state index is 13.3. The molecule has 0 unspecified atom stereocenters. The molecular formula is C25H29ClN2O6S. The van der Waals surface area contributed by atoms with Crippen molar-refractivity contribution in [3.8, 4) is 17.2 Å². The van der Waals surface area contributed by atoms with Gasteiger partial charge in [0.1, 0.15) is 6.54 Å². The van der Waals surface area contributed by atoms with Gasteiger partial charge in [-0.1, -0.05) is 22.9 Å². The number of fused-ring (bicyclic) bond motifs is 1. The molecule has 0 bridgehead atoms. The number of thiazole rings is 1. The summed E-state index contributed by atoms with van der Waals surface area (Å²) in [7, 11) is 0. The summed E-state index contributed by atoms with van der Waals surface area (Å²) in [6.45, 7) is 10.5. The van der Waals surface area contributed by atoms with E-state index in [0.717, 1.165) is 15.8 Å². The number of amides is 1. The van der Waals surface area contributed by atoms with Crippen LogP contribution < -0.4 is 19.0 Å². The van der Waals surface area contributed by atoms with Gasteiger partial charge in [0.15, 0.2) is 16.3 Å². The molecule has 0 atom stereocenters. The van der Waals surface area contributed by atoms with E-state index in [1.165, 1.54) is 11.3 Å². The number of nitrogens with zero attached hydrogens (tertiary/aromatic N) is 2. The van der Waals surface area contributed by atoms with Gasteiger partial charge in [0, 0.05) is 10.6 Å². The molecule has 8 nitrogen and oxygen atoms in total. The van der Waals surface area contributed by atoms with E-state index in [9.17, 15) is 9.59 Å². The maximum atomic E-state index is 13.3. The number of benzene rings is 2. The third-order valence-corrected chi connectivity index (χ3v) is 6.43. The molecule has 0 aliphatic rings. The molecule has 0 saturated heterocycles. The van der Waals surface area contributed by atoms with Gasteiger partial charge < -0.3 is 23.5 Å². The van der Waals surface area contributed by atoms with Gasteiger partial charge in [0.2, 0.25) is 5.75 Å². The fourth-order valence-electron chi connectivity index (χ4n) is 3.55. The molecule has 0 fully saturated rings.